The predicted octanol–water partition coefficient (Wildman–Crippen LogP) is 1.52. The van der Waals surface area contributed by atoms with Crippen molar-refractivity contribution in [3.63, 3.8) is 0 Å². The number of carbonyl (C=O) groups excluding carboxylic acids is 1. The third-order valence-corrected chi connectivity index (χ3v) is 5.95. The van der Waals surface area contributed by atoms with E-state index in [-0.39, 0.29) is 35.3 Å². The first-order valence-corrected chi connectivity index (χ1v) is 9.60. The summed E-state index contributed by atoms with van der Waals surface area (Å²) in [4.78, 5) is 21.1. The van der Waals surface area contributed by atoms with Gasteiger partial charge in [-0.3, -0.25) is 10.1 Å². The summed E-state index contributed by atoms with van der Waals surface area (Å²) < 4.78 is 31.4. The zero-order chi connectivity index (χ0) is 19.3. The summed E-state index contributed by atoms with van der Waals surface area (Å²) in [6, 6.07) is 3.72. The number of primary amides is 1. The van der Waals surface area contributed by atoms with Crippen LogP contribution in [0.3, 0.4) is 0 Å². The number of nitrogens with two attached hydrogens (primary N) is 1. The second-order valence-corrected chi connectivity index (χ2v) is 8.08. The number of rotatable bonds is 7. The Morgan fingerprint density at radius 1 is 1.50 bits per heavy atom. The van der Waals surface area contributed by atoms with Crippen LogP contribution in [-0.4, -0.2) is 50.0 Å². The minimum absolute atomic E-state index is 0.0712. The Morgan fingerprint density at radius 2 is 2.23 bits per heavy atom. The van der Waals surface area contributed by atoms with Crippen LogP contribution in [0.25, 0.3) is 0 Å². The topological polar surface area (TPSA) is 145 Å². The molecule has 0 spiro atoms. The van der Waals surface area contributed by atoms with Crippen molar-refractivity contribution in [2.75, 3.05) is 31.6 Å². The molecule has 2 rings (SSSR count). The van der Waals surface area contributed by atoms with E-state index in [1.807, 2.05) is 6.92 Å². The van der Waals surface area contributed by atoms with E-state index in [9.17, 15) is 23.3 Å². The van der Waals surface area contributed by atoms with E-state index >= 15 is 0 Å². The van der Waals surface area contributed by atoms with Gasteiger partial charge in [-0.05, 0) is 30.9 Å². The van der Waals surface area contributed by atoms with Crippen LogP contribution < -0.4 is 11.1 Å². The maximum absolute atomic E-state index is 12.8. The monoisotopic (exact) mass is 386 g/mol. The molecule has 1 saturated heterocycles. The summed E-state index contributed by atoms with van der Waals surface area (Å²) in [6.45, 7) is 2.81. The molecule has 0 radical (unpaired) electrons. The maximum atomic E-state index is 12.8. The second kappa shape index (κ2) is 8.32. The molecule has 3 N–H and O–H groups in total. The maximum Gasteiger partial charge on any atom is 0.404 e. The van der Waals surface area contributed by atoms with E-state index in [1.165, 1.54) is 16.4 Å². The predicted molar refractivity (Wildman–Crippen MR) is 94.3 cm³/mol. The van der Waals surface area contributed by atoms with E-state index < -0.39 is 21.0 Å². The van der Waals surface area contributed by atoms with Crippen molar-refractivity contribution in [1.29, 1.82) is 0 Å². The molecule has 1 aliphatic rings. The number of benzene rings is 1. The van der Waals surface area contributed by atoms with Crippen molar-refractivity contribution in [1.82, 2.24) is 4.31 Å². The van der Waals surface area contributed by atoms with Crippen LogP contribution in [0, 0.1) is 16.0 Å². The Morgan fingerprint density at radius 3 is 2.85 bits per heavy atom. The highest BCUT2D eigenvalue weighted by atomic mass is 32.2. The quantitative estimate of drug-likeness (QED) is 0.410. The number of nitrogens with zero attached hydrogens (tertiary/aromatic N) is 2. The van der Waals surface area contributed by atoms with E-state index in [2.05, 4.69) is 10.1 Å². The van der Waals surface area contributed by atoms with Crippen LogP contribution in [-0.2, 0) is 14.8 Å². The van der Waals surface area contributed by atoms with E-state index in [0.717, 1.165) is 18.9 Å². The van der Waals surface area contributed by atoms with E-state index in [1.54, 1.807) is 0 Å². The zero-order valence-electron chi connectivity index (χ0n) is 14.4. The van der Waals surface area contributed by atoms with Gasteiger partial charge in [0.15, 0.2) is 0 Å². The molecule has 1 atom stereocenters. The average Bonchev–Trinajstić information content (AvgIpc) is 2.58. The molecule has 1 amide bonds. The summed E-state index contributed by atoms with van der Waals surface area (Å²) in [5, 5.41) is 14.1. The van der Waals surface area contributed by atoms with Crippen molar-refractivity contribution in [2.45, 2.75) is 24.7 Å². The van der Waals surface area contributed by atoms with Gasteiger partial charge in [-0.1, -0.05) is 6.92 Å². The average molecular weight is 386 g/mol. The van der Waals surface area contributed by atoms with Crippen LogP contribution in [0.15, 0.2) is 23.1 Å². The van der Waals surface area contributed by atoms with Gasteiger partial charge in [0.05, 0.1) is 9.82 Å². The fourth-order valence-electron chi connectivity index (χ4n) is 2.82. The molecule has 1 fully saturated rings. The van der Waals surface area contributed by atoms with Crippen LogP contribution in [0.2, 0.25) is 0 Å². The summed E-state index contributed by atoms with van der Waals surface area (Å²) in [6.07, 6.45) is 0.781. The Labute approximate surface area is 151 Å². The Balaban J connectivity index is 2.21. The number of amides is 1. The van der Waals surface area contributed by atoms with Crippen molar-refractivity contribution in [3.8, 4) is 0 Å². The number of hydrogen-bond acceptors (Lipinski definition) is 7. The van der Waals surface area contributed by atoms with Gasteiger partial charge in [0.2, 0.25) is 10.0 Å². The van der Waals surface area contributed by atoms with E-state index in [4.69, 9.17) is 5.73 Å². The SMILES string of the molecule is C[C@@H]1CCCN(S(=O)(=O)c2ccc(NCCOC(N)=O)c([N+](=O)[O-])c2)C1. The van der Waals surface area contributed by atoms with Gasteiger partial charge < -0.3 is 15.8 Å². The Kier molecular flexibility index (Phi) is 6.37. The highest BCUT2D eigenvalue weighted by Crippen LogP contribution is 2.30. The molecule has 1 aliphatic heterocycles. The number of anilines is 1. The van der Waals surface area contributed by atoms with Gasteiger partial charge in [-0.25, -0.2) is 13.2 Å². The summed E-state index contributed by atoms with van der Waals surface area (Å²) in [5.41, 5.74) is 4.60. The smallest absolute Gasteiger partial charge is 0.404 e. The summed E-state index contributed by atoms with van der Waals surface area (Å²) in [7, 11) is -3.79. The summed E-state index contributed by atoms with van der Waals surface area (Å²) in [5.74, 6) is 0.250. The molecule has 1 aromatic carbocycles. The molecule has 144 valence electrons. The Hall–Kier alpha value is -2.40. The van der Waals surface area contributed by atoms with Crippen molar-refractivity contribution in [3.05, 3.63) is 28.3 Å². The highest BCUT2D eigenvalue weighted by Gasteiger charge is 2.30. The lowest BCUT2D eigenvalue weighted by atomic mass is 10.0. The first-order chi connectivity index (χ1) is 12.2. The molecule has 0 aliphatic carbocycles. The fraction of sp³-hybridized carbons (Fsp3) is 0.533. The van der Waals surface area contributed by atoms with Crippen LogP contribution in [0.5, 0.6) is 0 Å². The number of carbonyl (C=O) groups is 1. The van der Waals surface area contributed by atoms with Crippen LogP contribution in [0.1, 0.15) is 19.8 Å². The molecular formula is C15H22N4O6S. The third-order valence-electron chi connectivity index (χ3n) is 4.09. The highest BCUT2D eigenvalue weighted by molar-refractivity contribution is 7.89. The molecule has 0 saturated carbocycles. The number of nitrogens with one attached hydrogen (secondary N) is 1. The minimum atomic E-state index is -3.79. The number of nitro groups is 1. The van der Waals surface area contributed by atoms with Crippen LogP contribution >= 0.6 is 0 Å². The van der Waals surface area contributed by atoms with Gasteiger partial charge in [0, 0.05) is 25.7 Å². The first-order valence-electron chi connectivity index (χ1n) is 8.16. The van der Waals surface area contributed by atoms with Crippen molar-refractivity contribution >= 4 is 27.5 Å². The standard InChI is InChI=1S/C15H22N4O6S/c1-11-3-2-7-18(10-11)26(23,24)12-4-5-13(14(9-12)19(21)22)17-6-8-25-15(16)20/h4-5,9,11,17H,2-3,6-8,10H2,1H3,(H2,16,20)/t11-/m1/s1. The van der Waals surface area contributed by atoms with Crippen molar-refractivity contribution in [2.24, 2.45) is 11.7 Å². The lowest BCUT2D eigenvalue weighted by Crippen LogP contribution is -2.39. The molecule has 10 nitrogen and oxygen atoms in total. The molecular weight excluding hydrogens is 364 g/mol. The molecule has 0 unspecified atom stereocenters. The molecule has 1 heterocycles. The normalized spacial score (nSPS) is 18.3. The lowest BCUT2D eigenvalue weighted by Gasteiger charge is -2.30. The number of hydrogen-bond donors (Lipinski definition) is 2. The largest absolute Gasteiger partial charge is 0.448 e. The number of nitro benzene ring substituents is 1. The van der Waals surface area contributed by atoms with Gasteiger partial charge in [-0.15, -0.1) is 0 Å². The van der Waals surface area contributed by atoms with Gasteiger partial charge in [0.25, 0.3) is 5.69 Å². The minimum Gasteiger partial charge on any atom is -0.448 e. The van der Waals surface area contributed by atoms with Gasteiger partial charge >= 0.3 is 6.09 Å². The van der Waals surface area contributed by atoms with Gasteiger partial charge in [0.1, 0.15) is 12.3 Å². The first kappa shape index (κ1) is 19.9. The number of ether oxygens (including phenoxy) is 1. The molecule has 0 bridgehead atoms. The third kappa shape index (κ3) is 4.82. The van der Waals surface area contributed by atoms with Gasteiger partial charge in [-0.2, -0.15) is 4.31 Å². The zero-order valence-corrected chi connectivity index (χ0v) is 15.2. The molecule has 0 aromatic heterocycles. The second-order valence-electron chi connectivity index (χ2n) is 6.14. The van der Waals surface area contributed by atoms with Crippen LogP contribution in [0.4, 0.5) is 16.2 Å². The van der Waals surface area contributed by atoms with E-state index in [0.29, 0.717) is 13.1 Å². The number of piperidine rings is 1. The molecule has 26 heavy (non-hydrogen) atoms. The van der Waals surface area contributed by atoms with Crippen molar-refractivity contribution < 1.29 is 22.9 Å². The Bertz CT molecular complexity index is 782. The fourth-order valence-corrected chi connectivity index (χ4v) is 4.44. The molecule has 11 heteroatoms. The molecule has 1 aromatic rings. The lowest BCUT2D eigenvalue weighted by molar-refractivity contribution is -0.384. The number of sulfonamides is 1. The summed E-state index contributed by atoms with van der Waals surface area (Å²) >= 11 is 0.